The fourth-order valence-electron chi connectivity index (χ4n) is 0.842. The highest BCUT2D eigenvalue weighted by Crippen LogP contribution is 2.01. The third kappa shape index (κ3) is 3.80. The van der Waals surface area contributed by atoms with Crippen LogP contribution in [0.25, 0.3) is 0 Å². The number of nitrogens with one attached hydrogen (secondary N) is 1. The van der Waals surface area contributed by atoms with Gasteiger partial charge >= 0.3 is 5.97 Å². The monoisotopic (exact) mass is 205 g/mol. The number of nitrogen functional groups attached to an aromatic ring is 1. The van der Waals surface area contributed by atoms with Crippen LogP contribution in [0.1, 0.15) is 12.1 Å². The Balaban J connectivity index is 0.00000144. The summed E-state index contributed by atoms with van der Waals surface area (Å²) in [5, 5.41) is 0. The smallest absolute Gasteiger partial charge is 0.305 e. The minimum Gasteiger partial charge on any atom is -0.469 e. The zero-order chi connectivity index (χ0) is 8.97. The van der Waals surface area contributed by atoms with E-state index in [2.05, 4.69) is 14.7 Å². The summed E-state index contributed by atoms with van der Waals surface area (Å²) in [5.41, 5.74) is 6.18. The quantitative estimate of drug-likeness (QED) is 0.705. The van der Waals surface area contributed by atoms with Crippen LogP contribution in [0.15, 0.2) is 6.20 Å². The topological polar surface area (TPSA) is 81.0 Å². The molecule has 1 heterocycles. The Morgan fingerprint density at radius 1 is 1.77 bits per heavy atom. The van der Waals surface area contributed by atoms with E-state index in [-0.39, 0.29) is 18.4 Å². The van der Waals surface area contributed by atoms with E-state index in [0.717, 1.165) is 5.69 Å². The molecular formula is C7H12ClN3O2. The second kappa shape index (κ2) is 5.42. The van der Waals surface area contributed by atoms with Gasteiger partial charge in [0.15, 0.2) is 5.95 Å². The number of carbonyl (C=O) groups is 1. The molecule has 0 spiro atoms. The summed E-state index contributed by atoms with van der Waals surface area (Å²) in [4.78, 5) is 17.3. The molecule has 1 aromatic rings. The lowest BCUT2D eigenvalue weighted by molar-refractivity contribution is -0.140. The molecule has 1 rings (SSSR count). The van der Waals surface area contributed by atoms with Crippen LogP contribution in [-0.4, -0.2) is 23.0 Å². The van der Waals surface area contributed by atoms with Gasteiger partial charge in [-0.1, -0.05) is 0 Å². The minimum atomic E-state index is -0.233. The van der Waals surface area contributed by atoms with Gasteiger partial charge in [-0.05, 0) is 6.42 Å². The third-order valence-electron chi connectivity index (χ3n) is 1.47. The van der Waals surface area contributed by atoms with Crippen molar-refractivity contribution < 1.29 is 9.53 Å². The number of aromatic nitrogens is 2. The number of rotatable bonds is 3. The highest BCUT2D eigenvalue weighted by Gasteiger charge is 2.02. The van der Waals surface area contributed by atoms with Crippen molar-refractivity contribution in [2.45, 2.75) is 12.8 Å². The number of hydrogen-bond donors (Lipinski definition) is 2. The molecule has 0 radical (unpaired) electrons. The van der Waals surface area contributed by atoms with Gasteiger partial charge in [-0.2, -0.15) is 0 Å². The Hall–Kier alpha value is -1.23. The van der Waals surface area contributed by atoms with Crippen molar-refractivity contribution in [2.75, 3.05) is 12.8 Å². The van der Waals surface area contributed by atoms with Crippen LogP contribution < -0.4 is 5.73 Å². The summed E-state index contributed by atoms with van der Waals surface area (Å²) in [5.74, 6) is 0.137. The first kappa shape index (κ1) is 11.8. The first-order valence-electron chi connectivity index (χ1n) is 3.58. The molecule has 0 unspecified atom stereocenters. The normalized spacial score (nSPS) is 9.00. The van der Waals surface area contributed by atoms with Crippen molar-refractivity contribution in [2.24, 2.45) is 0 Å². The molecule has 0 bridgehead atoms. The Morgan fingerprint density at radius 3 is 2.92 bits per heavy atom. The largest absolute Gasteiger partial charge is 0.469 e. The molecule has 0 aromatic carbocycles. The molecule has 0 amide bonds. The summed E-state index contributed by atoms with van der Waals surface area (Å²) in [6.07, 6.45) is 2.54. The number of ether oxygens (including phenoxy) is 1. The van der Waals surface area contributed by atoms with Crippen molar-refractivity contribution in [1.29, 1.82) is 0 Å². The van der Waals surface area contributed by atoms with Crippen LogP contribution in [0.3, 0.4) is 0 Å². The second-order valence-electron chi connectivity index (χ2n) is 2.37. The number of anilines is 1. The van der Waals surface area contributed by atoms with E-state index in [4.69, 9.17) is 5.73 Å². The average Bonchev–Trinajstić information content (AvgIpc) is 2.47. The molecule has 0 saturated heterocycles. The molecule has 3 N–H and O–H groups in total. The maximum Gasteiger partial charge on any atom is 0.305 e. The van der Waals surface area contributed by atoms with Gasteiger partial charge in [0.05, 0.1) is 19.7 Å². The fraction of sp³-hybridized carbons (Fsp3) is 0.429. The van der Waals surface area contributed by atoms with E-state index in [1.807, 2.05) is 0 Å². The summed E-state index contributed by atoms with van der Waals surface area (Å²) >= 11 is 0. The Morgan fingerprint density at radius 2 is 2.46 bits per heavy atom. The maximum absolute atomic E-state index is 10.7. The molecule has 5 nitrogen and oxygen atoms in total. The van der Waals surface area contributed by atoms with Gasteiger partial charge in [0.2, 0.25) is 0 Å². The summed E-state index contributed by atoms with van der Waals surface area (Å²) < 4.78 is 4.47. The van der Waals surface area contributed by atoms with E-state index < -0.39 is 0 Å². The van der Waals surface area contributed by atoms with E-state index in [0.29, 0.717) is 18.8 Å². The zero-order valence-electron chi connectivity index (χ0n) is 7.24. The standard InChI is InChI=1S/C7H11N3O2.ClH/c1-12-6(11)3-2-5-4-9-7(8)10-5;/h4H,2-3H2,1H3,(H3,8,9,10);1H. The number of methoxy groups -OCH3 is 1. The van der Waals surface area contributed by atoms with Crippen LogP contribution in [-0.2, 0) is 16.0 Å². The lowest BCUT2D eigenvalue weighted by atomic mass is 10.2. The van der Waals surface area contributed by atoms with Crippen LogP contribution in [0.2, 0.25) is 0 Å². The van der Waals surface area contributed by atoms with E-state index in [1.54, 1.807) is 6.20 Å². The number of carbonyl (C=O) groups excluding carboxylic acids is 1. The average molecular weight is 206 g/mol. The number of halogens is 1. The fourth-order valence-corrected chi connectivity index (χ4v) is 0.842. The number of imidazole rings is 1. The molecule has 0 aliphatic heterocycles. The predicted octanol–water partition coefficient (Wildman–Crippen LogP) is 0.519. The van der Waals surface area contributed by atoms with Crippen molar-refractivity contribution in [3.05, 3.63) is 11.9 Å². The molecule has 0 saturated carbocycles. The number of aromatic amines is 1. The van der Waals surface area contributed by atoms with Gasteiger partial charge in [0, 0.05) is 5.69 Å². The highest BCUT2D eigenvalue weighted by molar-refractivity contribution is 5.85. The third-order valence-corrected chi connectivity index (χ3v) is 1.47. The molecule has 13 heavy (non-hydrogen) atoms. The number of H-pyrrole nitrogens is 1. The van der Waals surface area contributed by atoms with Crippen molar-refractivity contribution in [3.8, 4) is 0 Å². The first-order chi connectivity index (χ1) is 5.72. The SMILES string of the molecule is COC(=O)CCc1cnc(N)[nH]1.Cl. The van der Waals surface area contributed by atoms with Crippen LogP contribution in [0.5, 0.6) is 0 Å². The van der Waals surface area contributed by atoms with Crippen LogP contribution >= 0.6 is 12.4 Å². The number of aryl methyl sites for hydroxylation is 1. The molecule has 6 heteroatoms. The number of hydrogen-bond acceptors (Lipinski definition) is 4. The van der Waals surface area contributed by atoms with Gasteiger partial charge in [-0.3, -0.25) is 4.79 Å². The van der Waals surface area contributed by atoms with Gasteiger partial charge in [0.1, 0.15) is 0 Å². The number of nitrogens with two attached hydrogens (primary N) is 1. The molecule has 74 valence electrons. The van der Waals surface area contributed by atoms with E-state index >= 15 is 0 Å². The molecule has 0 fully saturated rings. The van der Waals surface area contributed by atoms with Crippen LogP contribution in [0, 0.1) is 0 Å². The maximum atomic E-state index is 10.7. The Labute approximate surface area is 82.1 Å². The van der Waals surface area contributed by atoms with Crippen LogP contribution in [0.4, 0.5) is 5.95 Å². The number of nitrogens with zero attached hydrogens (tertiary/aromatic N) is 1. The number of esters is 1. The summed E-state index contributed by atoms with van der Waals surface area (Å²) in [6, 6.07) is 0. The predicted molar refractivity (Wildman–Crippen MR) is 50.6 cm³/mol. The highest BCUT2D eigenvalue weighted by atomic mass is 35.5. The zero-order valence-corrected chi connectivity index (χ0v) is 8.06. The lowest BCUT2D eigenvalue weighted by Gasteiger charge is -1.95. The Bertz CT molecular complexity index is 274. The van der Waals surface area contributed by atoms with E-state index in [9.17, 15) is 4.79 Å². The van der Waals surface area contributed by atoms with Gasteiger partial charge in [-0.25, -0.2) is 4.98 Å². The molecule has 0 aliphatic carbocycles. The second-order valence-corrected chi connectivity index (χ2v) is 2.37. The van der Waals surface area contributed by atoms with Gasteiger partial charge in [-0.15, -0.1) is 12.4 Å². The van der Waals surface area contributed by atoms with Crippen molar-refractivity contribution >= 4 is 24.3 Å². The Kier molecular flexibility index (Phi) is 4.91. The molecule has 0 atom stereocenters. The van der Waals surface area contributed by atoms with Crippen molar-refractivity contribution in [3.63, 3.8) is 0 Å². The minimum absolute atomic E-state index is 0. The summed E-state index contributed by atoms with van der Waals surface area (Å²) in [6.45, 7) is 0. The lowest BCUT2D eigenvalue weighted by Crippen LogP contribution is -2.02. The first-order valence-corrected chi connectivity index (χ1v) is 3.58. The van der Waals surface area contributed by atoms with Gasteiger partial charge < -0.3 is 15.5 Å². The molecule has 1 aromatic heterocycles. The van der Waals surface area contributed by atoms with Crippen molar-refractivity contribution in [1.82, 2.24) is 9.97 Å². The molecule has 0 aliphatic rings. The van der Waals surface area contributed by atoms with Gasteiger partial charge in [0.25, 0.3) is 0 Å². The van der Waals surface area contributed by atoms with E-state index in [1.165, 1.54) is 7.11 Å². The summed E-state index contributed by atoms with van der Waals surface area (Å²) in [7, 11) is 1.36. The molecular weight excluding hydrogens is 194 g/mol.